The normalized spacial score (nSPS) is 11.5. The number of hydrogen-bond donors (Lipinski definition) is 1. The summed E-state index contributed by atoms with van der Waals surface area (Å²) < 4.78 is 5.73. The number of likely N-dealkylation sites (N-methyl/N-ethyl adjacent to an activating group) is 1. The number of halogens is 1. The van der Waals surface area contributed by atoms with Gasteiger partial charge in [0.15, 0.2) is 6.61 Å². The average Bonchev–Trinajstić information content (AvgIpc) is 2.82. The molecule has 0 aromatic heterocycles. The van der Waals surface area contributed by atoms with Gasteiger partial charge in [0.1, 0.15) is 11.8 Å². The number of amides is 2. The van der Waals surface area contributed by atoms with E-state index in [1.165, 1.54) is 0 Å². The molecule has 0 aliphatic rings. The van der Waals surface area contributed by atoms with Crippen LogP contribution in [0.4, 0.5) is 0 Å². The maximum absolute atomic E-state index is 13.5. The van der Waals surface area contributed by atoms with Crippen molar-refractivity contribution in [1.82, 2.24) is 10.2 Å². The maximum atomic E-state index is 13.5. The first-order chi connectivity index (χ1) is 16.0. The second-order valence-electron chi connectivity index (χ2n) is 7.77. The monoisotopic (exact) mass is 464 g/mol. The zero-order chi connectivity index (χ0) is 23.6. The number of nitrogens with zero attached hydrogens (tertiary/aromatic N) is 1. The minimum Gasteiger partial charge on any atom is -0.482 e. The van der Waals surface area contributed by atoms with Crippen LogP contribution in [0, 0.1) is 6.92 Å². The van der Waals surface area contributed by atoms with Gasteiger partial charge in [0.05, 0.1) is 5.02 Å². The number of nitrogens with one attached hydrogen (secondary N) is 1. The van der Waals surface area contributed by atoms with Crippen molar-refractivity contribution in [1.29, 1.82) is 0 Å². The van der Waals surface area contributed by atoms with E-state index in [-0.39, 0.29) is 18.4 Å². The Morgan fingerprint density at radius 2 is 1.64 bits per heavy atom. The molecule has 0 aliphatic carbocycles. The van der Waals surface area contributed by atoms with E-state index in [9.17, 15) is 9.59 Å². The van der Waals surface area contributed by atoms with Gasteiger partial charge in [0.25, 0.3) is 5.91 Å². The summed E-state index contributed by atoms with van der Waals surface area (Å²) in [6.45, 7) is 4.42. The third-order valence-corrected chi connectivity index (χ3v) is 5.72. The van der Waals surface area contributed by atoms with Gasteiger partial charge in [-0.2, -0.15) is 0 Å². The average molecular weight is 465 g/mol. The molecule has 0 heterocycles. The molecule has 172 valence electrons. The van der Waals surface area contributed by atoms with Crippen LogP contribution in [0.5, 0.6) is 5.75 Å². The molecule has 0 spiro atoms. The summed E-state index contributed by atoms with van der Waals surface area (Å²) in [4.78, 5) is 28.2. The molecule has 33 heavy (non-hydrogen) atoms. The number of hydrogen-bond acceptors (Lipinski definition) is 3. The van der Waals surface area contributed by atoms with Crippen molar-refractivity contribution >= 4 is 23.4 Å². The summed E-state index contributed by atoms with van der Waals surface area (Å²) in [5.74, 6) is -0.0487. The van der Waals surface area contributed by atoms with Crippen LogP contribution >= 0.6 is 11.6 Å². The van der Waals surface area contributed by atoms with Crippen LogP contribution in [-0.2, 0) is 22.6 Å². The first kappa shape index (κ1) is 24.3. The molecular weight excluding hydrogens is 436 g/mol. The van der Waals surface area contributed by atoms with Crippen LogP contribution in [0.25, 0.3) is 0 Å². The predicted octanol–water partition coefficient (Wildman–Crippen LogP) is 4.80. The molecule has 3 aromatic carbocycles. The molecule has 5 nitrogen and oxygen atoms in total. The predicted molar refractivity (Wildman–Crippen MR) is 131 cm³/mol. The number of ether oxygens (including phenoxy) is 1. The second-order valence-corrected chi connectivity index (χ2v) is 8.17. The van der Waals surface area contributed by atoms with Crippen LogP contribution in [0.1, 0.15) is 23.6 Å². The summed E-state index contributed by atoms with van der Waals surface area (Å²) >= 11 is 6.19. The largest absolute Gasteiger partial charge is 0.482 e. The standard InChI is InChI=1S/C27H29ClN2O3/c1-3-29-27(32)24(17-21-12-5-4-6-13-21)30(18-22-14-8-7-11-20(22)2)26(31)19-33-25-16-10-9-15-23(25)28/h4-16,24H,3,17-19H2,1-2H3,(H,29,32)/t24-/m0/s1. The van der Waals surface area contributed by atoms with Crippen LogP contribution in [-0.4, -0.2) is 35.9 Å². The van der Waals surface area contributed by atoms with E-state index in [4.69, 9.17) is 16.3 Å². The molecule has 0 aliphatic heterocycles. The van der Waals surface area contributed by atoms with Crippen molar-refractivity contribution in [2.24, 2.45) is 0 Å². The van der Waals surface area contributed by atoms with Crippen LogP contribution in [0.15, 0.2) is 78.9 Å². The van der Waals surface area contributed by atoms with Crippen molar-refractivity contribution < 1.29 is 14.3 Å². The lowest BCUT2D eigenvalue weighted by molar-refractivity contribution is -0.142. The Hall–Kier alpha value is -3.31. The van der Waals surface area contributed by atoms with Crippen molar-refractivity contribution in [3.8, 4) is 5.75 Å². The molecule has 0 fully saturated rings. The highest BCUT2D eigenvalue weighted by Crippen LogP contribution is 2.24. The Morgan fingerprint density at radius 1 is 0.970 bits per heavy atom. The van der Waals surface area contributed by atoms with Crippen LogP contribution in [0.2, 0.25) is 5.02 Å². The highest BCUT2D eigenvalue weighted by Gasteiger charge is 2.30. The van der Waals surface area contributed by atoms with E-state index in [0.717, 1.165) is 16.7 Å². The summed E-state index contributed by atoms with van der Waals surface area (Å²) in [6.07, 6.45) is 0.399. The third kappa shape index (κ3) is 6.83. The van der Waals surface area contributed by atoms with Crippen molar-refractivity contribution in [3.63, 3.8) is 0 Å². The van der Waals surface area contributed by atoms with Gasteiger partial charge in [-0.15, -0.1) is 0 Å². The van der Waals surface area contributed by atoms with E-state index < -0.39 is 6.04 Å². The first-order valence-electron chi connectivity index (χ1n) is 11.0. The number of carbonyl (C=O) groups excluding carboxylic acids is 2. The van der Waals surface area contributed by atoms with Gasteiger partial charge in [0, 0.05) is 19.5 Å². The van der Waals surface area contributed by atoms with Gasteiger partial charge in [-0.25, -0.2) is 0 Å². The molecule has 2 amide bonds. The van der Waals surface area contributed by atoms with E-state index >= 15 is 0 Å². The van der Waals surface area contributed by atoms with E-state index in [1.807, 2.05) is 68.4 Å². The Kier molecular flexibility index (Phi) is 8.90. The number of aryl methyl sites for hydroxylation is 1. The molecule has 1 atom stereocenters. The molecular formula is C27H29ClN2O3. The van der Waals surface area contributed by atoms with Gasteiger partial charge >= 0.3 is 0 Å². The Labute approximate surface area is 200 Å². The summed E-state index contributed by atoms with van der Waals surface area (Å²) in [7, 11) is 0. The van der Waals surface area contributed by atoms with Gasteiger partial charge in [-0.1, -0.05) is 78.3 Å². The Balaban J connectivity index is 1.91. The molecule has 0 saturated carbocycles. The number of para-hydroxylation sites is 1. The molecule has 3 aromatic rings. The first-order valence-corrected chi connectivity index (χ1v) is 11.4. The zero-order valence-electron chi connectivity index (χ0n) is 19.0. The van der Waals surface area contributed by atoms with Gasteiger partial charge in [-0.3, -0.25) is 9.59 Å². The van der Waals surface area contributed by atoms with Gasteiger partial charge in [0.2, 0.25) is 5.91 Å². The smallest absolute Gasteiger partial charge is 0.261 e. The Bertz CT molecular complexity index is 1070. The van der Waals surface area contributed by atoms with Crippen molar-refractivity contribution in [2.75, 3.05) is 13.2 Å². The van der Waals surface area contributed by atoms with Crippen molar-refractivity contribution in [3.05, 3.63) is 101 Å². The highest BCUT2D eigenvalue weighted by atomic mass is 35.5. The SMILES string of the molecule is CCNC(=O)[C@H](Cc1ccccc1)N(Cc1ccccc1C)C(=O)COc1ccccc1Cl. The number of carbonyl (C=O) groups is 2. The fourth-order valence-electron chi connectivity index (χ4n) is 3.60. The molecule has 0 saturated heterocycles. The van der Waals surface area contributed by atoms with E-state index in [0.29, 0.717) is 30.3 Å². The molecule has 1 N–H and O–H groups in total. The minimum atomic E-state index is -0.686. The molecule has 0 bridgehead atoms. The molecule has 3 rings (SSSR count). The lowest BCUT2D eigenvalue weighted by Gasteiger charge is -2.32. The van der Waals surface area contributed by atoms with Crippen LogP contribution < -0.4 is 10.1 Å². The van der Waals surface area contributed by atoms with Crippen molar-refractivity contribution in [2.45, 2.75) is 32.9 Å². The lowest BCUT2D eigenvalue weighted by Crippen LogP contribution is -2.51. The summed E-state index contributed by atoms with van der Waals surface area (Å²) in [6, 6.07) is 23.9. The van der Waals surface area contributed by atoms with Crippen LogP contribution in [0.3, 0.4) is 0 Å². The van der Waals surface area contributed by atoms with E-state index in [1.54, 1.807) is 29.2 Å². The Morgan fingerprint density at radius 3 is 2.33 bits per heavy atom. The molecule has 6 heteroatoms. The van der Waals surface area contributed by atoms with E-state index in [2.05, 4.69) is 5.32 Å². The number of benzene rings is 3. The van der Waals surface area contributed by atoms with Gasteiger partial charge < -0.3 is 15.0 Å². The fraction of sp³-hybridized carbons (Fsp3) is 0.259. The topological polar surface area (TPSA) is 58.6 Å². The highest BCUT2D eigenvalue weighted by molar-refractivity contribution is 6.32. The quantitative estimate of drug-likeness (QED) is 0.468. The minimum absolute atomic E-state index is 0.193. The molecule has 0 unspecified atom stereocenters. The summed E-state index contributed by atoms with van der Waals surface area (Å²) in [5.41, 5.74) is 3.01. The summed E-state index contributed by atoms with van der Waals surface area (Å²) in [5, 5.41) is 3.32. The lowest BCUT2D eigenvalue weighted by atomic mass is 10.0. The van der Waals surface area contributed by atoms with Gasteiger partial charge in [-0.05, 0) is 42.7 Å². The zero-order valence-corrected chi connectivity index (χ0v) is 19.7. The third-order valence-electron chi connectivity index (χ3n) is 5.41. The maximum Gasteiger partial charge on any atom is 0.261 e. The fourth-order valence-corrected chi connectivity index (χ4v) is 3.79. The molecule has 0 radical (unpaired) electrons. The second kappa shape index (κ2) is 12.1. The number of rotatable bonds is 10.